The molecular weight excluding hydrogens is 433 g/mol. The van der Waals surface area contributed by atoms with Gasteiger partial charge in [0.1, 0.15) is 0 Å². The third-order valence-electron chi connectivity index (χ3n) is 3.81. The summed E-state index contributed by atoms with van der Waals surface area (Å²) in [6.45, 7) is 16.7. The van der Waals surface area contributed by atoms with Gasteiger partial charge in [0.15, 0.2) is 5.96 Å². The van der Waals surface area contributed by atoms with Gasteiger partial charge in [0.05, 0.1) is 17.2 Å². The summed E-state index contributed by atoms with van der Waals surface area (Å²) in [6.07, 6.45) is 2.39. The van der Waals surface area contributed by atoms with Crippen LogP contribution in [0.5, 0.6) is 0 Å². The highest BCUT2D eigenvalue weighted by molar-refractivity contribution is 14.0. The SMILES string of the molecule is CCNC(=NCc1sc(C)nc1C)NCCCCN(CC)CC.I. The van der Waals surface area contributed by atoms with Gasteiger partial charge < -0.3 is 15.5 Å². The van der Waals surface area contributed by atoms with E-state index in [1.54, 1.807) is 11.3 Å². The fraction of sp³-hybridized carbons (Fsp3) is 0.765. The fourth-order valence-electron chi connectivity index (χ4n) is 2.42. The summed E-state index contributed by atoms with van der Waals surface area (Å²) in [5, 5.41) is 7.86. The Balaban J connectivity index is 0.00000529. The lowest BCUT2D eigenvalue weighted by molar-refractivity contribution is 0.297. The number of unbranched alkanes of at least 4 members (excludes halogenated alkanes) is 1. The van der Waals surface area contributed by atoms with Crippen molar-refractivity contribution in [2.45, 2.75) is 54.0 Å². The molecule has 0 aliphatic carbocycles. The number of rotatable bonds is 10. The van der Waals surface area contributed by atoms with Crippen molar-refractivity contribution in [3.05, 3.63) is 15.6 Å². The smallest absolute Gasteiger partial charge is 0.191 e. The van der Waals surface area contributed by atoms with Gasteiger partial charge >= 0.3 is 0 Å². The van der Waals surface area contributed by atoms with Crippen LogP contribution in [0.3, 0.4) is 0 Å². The standard InChI is InChI=1S/C17H33N5S.HI/c1-6-18-17(19-11-9-10-12-22(7-2)8-3)20-13-16-14(4)21-15(5)23-16;/h6-13H2,1-5H3,(H2,18,19,20);1H. The summed E-state index contributed by atoms with van der Waals surface area (Å²) in [4.78, 5) is 12.9. The van der Waals surface area contributed by atoms with E-state index >= 15 is 0 Å². The molecule has 0 aromatic carbocycles. The topological polar surface area (TPSA) is 52.6 Å². The Labute approximate surface area is 168 Å². The molecule has 0 aliphatic rings. The molecule has 0 radical (unpaired) electrons. The van der Waals surface area contributed by atoms with E-state index in [4.69, 9.17) is 0 Å². The lowest BCUT2D eigenvalue weighted by atomic mass is 10.3. The van der Waals surface area contributed by atoms with Crippen LogP contribution in [0.4, 0.5) is 0 Å². The first-order valence-electron chi connectivity index (χ1n) is 8.78. The Morgan fingerprint density at radius 1 is 1.12 bits per heavy atom. The number of halogens is 1. The van der Waals surface area contributed by atoms with Crippen LogP contribution < -0.4 is 10.6 Å². The van der Waals surface area contributed by atoms with E-state index in [0.29, 0.717) is 6.54 Å². The Morgan fingerprint density at radius 3 is 2.38 bits per heavy atom. The average Bonchev–Trinajstić information content (AvgIpc) is 2.86. The average molecular weight is 467 g/mol. The summed E-state index contributed by atoms with van der Waals surface area (Å²) < 4.78 is 0. The minimum absolute atomic E-state index is 0. The molecule has 7 heteroatoms. The lowest BCUT2D eigenvalue weighted by Gasteiger charge is -2.18. The maximum absolute atomic E-state index is 4.68. The summed E-state index contributed by atoms with van der Waals surface area (Å²) in [6, 6.07) is 0. The predicted molar refractivity (Wildman–Crippen MR) is 117 cm³/mol. The molecule has 140 valence electrons. The highest BCUT2D eigenvalue weighted by Gasteiger charge is 2.05. The van der Waals surface area contributed by atoms with Crippen molar-refractivity contribution in [1.82, 2.24) is 20.5 Å². The molecule has 1 aromatic rings. The number of aromatic nitrogens is 1. The number of aryl methyl sites for hydroxylation is 2. The first-order valence-corrected chi connectivity index (χ1v) is 9.59. The zero-order valence-corrected chi connectivity index (χ0v) is 19.0. The van der Waals surface area contributed by atoms with Gasteiger partial charge in [-0.1, -0.05) is 13.8 Å². The van der Waals surface area contributed by atoms with Crippen LogP contribution in [0.15, 0.2) is 4.99 Å². The monoisotopic (exact) mass is 467 g/mol. The molecule has 0 atom stereocenters. The van der Waals surface area contributed by atoms with Crippen LogP contribution in [0.25, 0.3) is 0 Å². The van der Waals surface area contributed by atoms with Crippen molar-refractivity contribution >= 4 is 41.3 Å². The normalized spacial score (nSPS) is 11.5. The van der Waals surface area contributed by atoms with E-state index < -0.39 is 0 Å². The third-order valence-corrected chi connectivity index (χ3v) is 4.87. The molecule has 24 heavy (non-hydrogen) atoms. The number of guanidine groups is 1. The van der Waals surface area contributed by atoms with Gasteiger partial charge in [-0.3, -0.25) is 0 Å². The second-order valence-electron chi connectivity index (χ2n) is 5.60. The molecule has 0 unspecified atom stereocenters. The van der Waals surface area contributed by atoms with E-state index in [1.165, 1.54) is 24.3 Å². The summed E-state index contributed by atoms with van der Waals surface area (Å²) >= 11 is 1.74. The predicted octanol–water partition coefficient (Wildman–Crippen LogP) is 3.56. The van der Waals surface area contributed by atoms with Gasteiger partial charge in [0.25, 0.3) is 0 Å². The fourth-order valence-corrected chi connectivity index (χ4v) is 3.28. The quantitative estimate of drug-likeness (QED) is 0.239. The number of hydrogen-bond acceptors (Lipinski definition) is 4. The van der Waals surface area contributed by atoms with E-state index in [9.17, 15) is 0 Å². The number of aliphatic imine (C=N–C) groups is 1. The second kappa shape index (κ2) is 13.8. The van der Waals surface area contributed by atoms with Crippen molar-refractivity contribution in [1.29, 1.82) is 0 Å². The highest BCUT2D eigenvalue weighted by Crippen LogP contribution is 2.17. The summed E-state index contributed by atoms with van der Waals surface area (Å²) in [5.74, 6) is 0.904. The highest BCUT2D eigenvalue weighted by atomic mass is 127. The molecule has 0 amide bonds. The van der Waals surface area contributed by atoms with Gasteiger partial charge in [0.2, 0.25) is 0 Å². The molecular formula is C17H34IN5S. The zero-order chi connectivity index (χ0) is 17.1. The maximum Gasteiger partial charge on any atom is 0.191 e. The molecule has 0 fully saturated rings. The molecule has 1 aromatic heterocycles. The van der Waals surface area contributed by atoms with E-state index in [1.807, 2.05) is 6.92 Å². The Hall–Kier alpha value is -0.410. The van der Waals surface area contributed by atoms with Gasteiger partial charge in [-0.25, -0.2) is 9.98 Å². The van der Waals surface area contributed by atoms with Crippen molar-refractivity contribution < 1.29 is 0 Å². The van der Waals surface area contributed by atoms with Crippen molar-refractivity contribution in [3.8, 4) is 0 Å². The first-order chi connectivity index (χ1) is 11.1. The molecule has 0 saturated heterocycles. The molecule has 0 saturated carbocycles. The zero-order valence-electron chi connectivity index (χ0n) is 15.8. The molecule has 1 heterocycles. The lowest BCUT2D eigenvalue weighted by Crippen LogP contribution is -2.38. The molecule has 5 nitrogen and oxygen atoms in total. The van der Waals surface area contributed by atoms with Crippen molar-refractivity contribution in [2.24, 2.45) is 4.99 Å². The molecule has 2 N–H and O–H groups in total. The van der Waals surface area contributed by atoms with Gasteiger partial charge in [-0.2, -0.15) is 0 Å². The second-order valence-corrected chi connectivity index (χ2v) is 6.89. The van der Waals surface area contributed by atoms with E-state index in [-0.39, 0.29) is 24.0 Å². The number of thiazole rings is 1. The third kappa shape index (κ3) is 9.17. The van der Waals surface area contributed by atoms with Gasteiger partial charge in [-0.15, -0.1) is 35.3 Å². The van der Waals surface area contributed by atoms with Crippen molar-refractivity contribution in [2.75, 3.05) is 32.7 Å². The first kappa shape index (κ1) is 23.6. The number of nitrogens with one attached hydrogen (secondary N) is 2. The van der Waals surface area contributed by atoms with Gasteiger partial charge in [0, 0.05) is 18.0 Å². The molecule has 0 bridgehead atoms. The van der Waals surface area contributed by atoms with Crippen LogP contribution in [0, 0.1) is 13.8 Å². The van der Waals surface area contributed by atoms with Crippen LogP contribution in [-0.2, 0) is 6.54 Å². The largest absolute Gasteiger partial charge is 0.357 e. The minimum Gasteiger partial charge on any atom is -0.357 e. The van der Waals surface area contributed by atoms with Crippen molar-refractivity contribution in [3.63, 3.8) is 0 Å². The van der Waals surface area contributed by atoms with Crippen LogP contribution in [-0.4, -0.2) is 48.6 Å². The Kier molecular flexibility index (Phi) is 13.6. The van der Waals surface area contributed by atoms with E-state index in [0.717, 1.165) is 42.8 Å². The van der Waals surface area contributed by atoms with E-state index in [2.05, 4.69) is 53.2 Å². The molecule has 1 rings (SSSR count). The van der Waals surface area contributed by atoms with Crippen LogP contribution >= 0.6 is 35.3 Å². The van der Waals surface area contributed by atoms with Crippen LogP contribution in [0.1, 0.15) is 49.2 Å². The Bertz CT molecular complexity index is 472. The van der Waals surface area contributed by atoms with Gasteiger partial charge in [-0.05, 0) is 53.2 Å². The summed E-state index contributed by atoms with van der Waals surface area (Å²) in [5.41, 5.74) is 1.10. The minimum atomic E-state index is 0. The number of hydrogen-bond donors (Lipinski definition) is 2. The van der Waals surface area contributed by atoms with Crippen LogP contribution in [0.2, 0.25) is 0 Å². The maximum atomic E-state index is 4.68. The molecule has 0 spiro atoms. The summed E-state index contributed by atoms with van der Waals surface area (Å²) in [7, 11) is 0. The number of nitrogens with zero attached hydrogens (tertiary/aromatic N) is 3. The Morgan fingerprint density at radius 2 is 1.83 bits per heavy atom. The molecule has 0 aliphatic heterocycles.